The summed E-state index contributed by atoms with van der Waals surface area (Å²) >= 11 is 0. The van der Waals surface area contributed by atoms with Gasteiger partial charge in [-0.05, 0) is 41.8 Å². The van der Waals surface area contributed by atoms with E-state index in [1.54, 1.807) is 12.1 Å². The normalized spacial score (nSPS) is 13.2. The monoisotopic (exact) mass is 482 g/mol. The maximum Gasteiger partial charge on any atom is 0.257 e. The van der Waals surface area contributed by atoms with E-state index in [1.165, 1.54) is 22.3 Å². The third kappa shape index (κ3) is 5.42. The lowest BCUT2D eigenvalue weighted by molar-refractivity contribution is -0.121. The second-order valence-electron chi connectivity index (χ2n) is 8.97. The van der Waals surface area contributed by atoms with E-state index in [1.807, 2.05) is 48.5 Å². The van der Waals surface area contributed by atoms with Crippen molar-refractivity contribution >= 4 is 5.91 Å². The average Bonchev–Trinajstić information content (AvgIpc) is 2.91. The van der Waals surface area contributed by atoms with Gasteiger partial charge in [-0.1, -0.05) is 60.7 Å². The second-order valence-corrected chi connectivity index (χ2v) is 8.97. The summed E-state index contributed by atoms with van der Waals surface area (Å²) in [4.78, 5) is 33.5. The van der Waals surface area contributed by atoms with Crippen LogP contribution in [0.2, 0.25) is 0 Å². The lowest BCUT2D eigenvalue weighted by atomic mass is 10.0. The quantitative estimate of drug-likeness (QED) is 0.434. The second kappa shape index (κ2) is 10.7. The zero-order chi connectivity index (χ0) is 24.9. The number of amides is 1. The van der Waals surface area contributed by atoms with Gasteiger partial charge in [-0.2, -0.15) is 0 Å². The number of nitrogens with zero attached hydrogens (tertiary/aromatic N) is 3. The third-order valence-electron chi connectivity index (χ3n) is 6.39. The molecule has 2 heterocycles. The van der Waals surface area contributed by atoms with Crippen LogP contribution in [0.1, 0.15) is 22.4 Å². The SMILES string of the molecule is O=C(Cn1c(-c2ccc(F)cc2)nc2c(c1=O)CCN(Cc1ccccc1)C2)NCc1ccccc1. The number of benzene rings is 3. The Morgan fingerprint density at radius 2 is 1.58 bits per heavy atom. The largest absolute Gasteiger partial charge is 0.350 e. The molecule has 5 rings (SSSR count). The molecule has 6 nitrogen and oxygen atoms in total. The molecule has 0 radical (unpaired) electrons. The predicted octanol–water partition coefficient (Wildman–Crippen LogP) is 3.92. The van der Waals surface area contributed by atoms with Gasteiger partial charge in [0.15, 0.2) is 0 Å². The van der Waals surface area contributed by atoms with Gasteiger partial charge < -0.3 is 5.32 Å². The molecule has 4 aromatic rings. The maximum atomic E-state index is 13.6. The molecule has 3 aromatic carbocycles. The summed E-state index contributed by atoms with van der Waals surface area (Å²) in [5, 5.41) is 2.88. The van der Waals surface area contributed by atoms with Crippen LogP contribution in [0.25, 0.3) is 11.4 Å². The van der Waals surface area contributed by atoms with Crippen LogP contribution in [0.15, 0.2) is 89.7 Å². The summed E-state index contributed by atoms with van der Waals surface area (Å²) in [5.41, 5.74) is 3.89. The Labute approximate surface area is 209 Å². The summed E-state index contributed by atoms with van der Waals surface area (Å²) in [5.74, 6) is -0.289. The van der Waals surface area contributed by atoms with E-state index in [0.717, 1.165) is 18.7 Å². The molecule has 1 aromatic heterocycles. The standard InChI is InChI=1S/C29H27FN4O2/c30-24-13-11-23(12-14-24)28-32-26-19-33(18-22-9-5-2-6-10-22)16-15-25(26)29(36)34(28)20-27(35)31-17-21-7-3-1-4-8-21/h1-14H,15-20H2,(H,31,35). The van der Waals surface area contributed by atoms with Gasteiger partial charge in [-0.15, -0.1) is 0 Å². The van der Waals surface area contributed by atoms with Crippen molar-refractivity contribution in [2.45, 2.75) is 32.6 Å². The van der Waals surface area contributed by atoms with Crippen molar-refractivity contribution in [2.75, 3.05) is 6.54 Å². The molecule has 1 N–H and O–H groups in total. The minimum Gasteiger partial charge on any atom is -0.350 e. The van der Waals surface area contributed by atoms with Crippen molar-refractivity contribution in [1.29, 1.82) is 0 Å². The van der Waals surface area contributed by atoms with E-state index in [4.69, 9.17) is 4.98 Å². The first kappa shape index (κ1) is 23.6. The average molecular weight is 483 g/mol. The van der Waals surface area contributed by atoms with E-state index in [0.29, 0.717) is 42.2 Å². The predicted molar refractivity (Wildman–Crippen MR) is 136 cm³/mol. The van der Waals surface area contributed by atoms with Gasteiger partial charge >= 0.3 is 0 Å². The number of hydrogen-bond acceptors (Lipinski definition) is 4. The van der Waals surface area contributed by atoms with Crippen molar-refractivity contribution in [3.63, 3.8) is 0 Å². The highest BCUT2D eigenvalue weighted by Crippen LogP contribution is 2.22. The number of aromatic nitrogens is 2. The molecular weight excluding hydrogens is 455 g/mol. The van der Waals surface area contributed by atoms with Gasteiger partial charge in [0.2, 0.25) is 5.91 Å². The molecule has 1 amide bonds. The number of rotatable bonds is 7. The molecule has 0 spiro atoms. The highest BCUT2D eigenvalue weighted by atomic mass is 19.1. The topological polar surface area (TPSA) is 67.2 Å². The van der Waals surface area contributed by atoms with Crippen LogP contribution in [-0.4, -0.2) is 26.9 Å². The van der Waals surface area contributed by atoms with Gasteiger partial charge in [0.05, 0.1) is 5.69 Å². The zero-order valence-corrected chi connectivity index (χ0v) is 19.9. The van der Waals surface area contributed by atoms with Gasteiger partial charge in [-0.25, -0.2) is 9.37 Å². The molecule has 0 aliphatic carbocycles. The van der Waals surface area contributed by atoms with Crippen molar-refractivity contribution in [3.05, 3.63) is 123 Å². The molecule has 0 saturated heterocycles. The summed E-state index contributed by atoms with van der Waals surface area (Å²) in [7, 11) is 0. The summed E-state index contributed by atoms with van der Waals surface area (Å²) in [6, 6.07) is 25.6. The van der Waals surface area contributed by atoms with Crippen molar-refractivity contribution < 1.29 is 9.18 Å². The molecule has 7 heteroatoms. The van der Waals surface area contributed by atoms with E-state index in [-0.39, 0.29) is 23.8 Å². The van der Waals surface area contributed by atoms with Gasteiger partial charge in [0.1, 0.15) is 18.2 Å². The van der Waals surface area contributed by atoms with Crippen molar-refractivity contribution in [2.24, 2.45) is 0 Å². The molecule has 182 valence electrons. The lowest BCUT2D eigenvalue weighted by Gasteiger charge is -2.29. The van der Waals surface area contributed by atoms with Crippen LogP contribution >= 0.6 is 0 Å². The van der Waals surface area contributed by atoms with Crippen LogP contribution in [0.4, 0.5) is 4.39 Å². The summed E-state index contributed by atoms with van der Waals surface area (Å²) in [6.07, 6.45) is 0.559. The van der Waals surface area contributed by atoms with E-state index < -0.39 is 0 Å². The Morgan fingerprint density at radius 1 is 0.917 bits per heavy atom. The number of fused-ring (bicyclic) bond motifs is 1. The third-order valence-corrected chi connectivity index (χ3v) is 6.39. The van der Waals surface area contributed by atoms with Gasteiger partial charge in [0, 0.05) is 37.3 Å². The number of nitrogens with one attached hydrogen (secondary N) is 1. The Bertz CT molecular complexity index is 1400. The first-order valence-corrected chi connectivity index (χ1v) is 12.0. The summed E-state index contributed by atoms with van der Waals surface area (Å²) in [6.45, 7) is 2.24. The highest BCUT2D eigenvalue weighted by molar-refractivity contribution is 5.76. The lowest BCUT2D eigenvalue weighted by Crippen LogP contribution is -2.40. The molecule has 0 atom stereocenters. The zero-order valence-electron chi connectivity index (χ0n) is 19.9. The maximum absolute atomic E-state index is 13.6. The van der Waals surface area contributed by atoms with Crippen LogP contribution < -0.4 is 10.9 Å². The first-order valence-electron chi connectivity index (χ1n) is 12.0. The smallest absolute Gasteiger partial charge is 0.257 e. The fraction of sp³-hybridized carbons (Fsp3) is 0.207. The molecule has 0 saturated carbocycles. The fourth-order valence-corrected chi connectivity index (χ4v) is 4.52. The Balaban J connectivity index is 1.44. The van der Waals surface area contributed by atoms with E-state index in [9.17, 15) is 14.0 Å². The van der Waals surface area contributed by atoms with Crippen LogP contribution in [0.5, 0.6) is 0 Å². The van der Waals surface area contributed by atoms with Crippen LogP contribution in [0.3, 0.4) is 0 Å². The van der Waals surface area contributed by atoms with Crippen molar-refractivity contribution in [1.82, 2.24) is 19.8 Å². The minimum absolute atomic E-state index is 0.160. The Kier molecular flexibility index (Phi) is 7.00. The molecule has 1 aliphatic rings. The Hall–Kier alpha value is -4.10. The van der Waals surface area contributed by atoms with Gasteiger partial charge in [0.25, 0.3) is 5.56 Å². The molecular formula is C29H27FN4O2. The molecule has 0 unspecified atom stereocenters. The number of carbonyl (C=O) groups excluding carboxylic acids is 1. The highest BCUT2D eigenvalue weighted by Gasteiger charge is 2.25. The summed E-state index contributed by atoms with van der Waals surface area (Å²) < 4.78 is 15.0. The molecule has 0 bridgehead atoms. The van der Waals surface area contributed by atoms with E-state index in [2.05, 4.69) is 22.3 Å². The number of carbonyl (C=O) groups is 1. The van der Waals surface area contributed by atoms with Crippen LogP contribution in [-0.2, 0) is 37.4 Å². The number of halogens is 1. The minimum atomic E-state index is -0.375. The van der Waals surface area contributed by atoms with Crippen LogP contribution in [0, 0.1) is 5.82 Å². The number of hydrogen-bond donors (Lipinski definition) is 1. The molecule has 36 heavy (non-hydrogen) atoms. The molecule has 0 fully saturated rings. The molecule has 1 aliphatic heterocycles. The van der Waals surface area contributed by atoms with E-state index >= 15 is 0 Å². The Morgan fingerprint density at radius 3 is 2.28 bits per heavy atom. The van der Waals surface area contributed by atoms with Gasteiger partial charge in [-0.3, -0.25) is 19.1 Å². The van der Waals surface area contributed by atoms with Crippen molar-refractivity contribution in [3.8, 4) is 11.4 Å². The first-order chi connectivity index (χ1) is 17.6. The fourth-order valence-electron chi connectivity index (χ4n) is 4.52.